The van der Waals surface area contributed by atoms with Crippen LogP contribution in [-0.4, -0.2) is 30.6 Å². The predicted molar refractivity (Wildman–Crippen MR) is 74.6 cm³/mol. The Morgan fingerprint density at radius 1 is 1.63 bits per heavy atom. The molecule has 1 saturated heterocycles. The fourth-order valence-corrected chi connectivity index (χ4v) is 1.75. The van der Waals surface area contributed by atoms with E-state index in [2.05, 4.69) is 4.98 Å². The number of ether oxygens (including phenoxy) is 1. The SMILES string of the molecule is [2H]C1([2H])CCC(C(=O)OCC)C([2H])([2H])N1c1ccc(N)c(N)n1. The Bertz CT molecular complexity index is 612. The summed E-state index contributed by atoms with van der Waals surface area (Å²) in [5, 5.41) is 0. The minimum absolute atomic E-state index is 0.0132. The Morgan fingerprint density at radius 2 is 2.42 bits per heavy atom. The standard InChI is InChI=1S/C13H20N4O2/c1-2-19-13(18)9-4-3-7-17(8-9)11-6-5-10(14)12(15)16-11/h5-6,9H,2-4,7-8,14H2,1H3,(H2,15,16)/i7D2,8D2. The number of anilines is 3. The molecule has 0 aromatic carbocycles. The van der Waals surface area contributed by atoms with Crippen molar-refractivity contribution in [3.8, 4) is 0 Å². The van der Waals surface area contributed by atoms with E-state index in [1.165, 1.54) is 12.1 Å². The van der Waals surface area contributed by atoms with Gasteiger partial charge in [0, 0.05) is 15.7 Å². The maximum absolute atomic E-state index is 12.0. The number of nitrogen functional groups attached to an aromatic ring is 2. The molecule has 104 valence electrons. The summed E-state index contributed by atoms with van der Waals surface area (Å²) in [6.45, 7) is -2.58. The van der Waals surface area contributed by atoms with E-state index >= 15 is 0 Å². The molecule has 2 rings (SSSR count). The summed E-state index contributed by atoms with van der Waals surface area (Å²) in [7, 11) is 0. The monoisotopic (exact) mass is 268 g/mol. The van der Waals surface area contributed by atoms with Crippen molar-refractivity contribution in [1.29, 1.82) is 0 Å². The second-order valence-corrected chi connectivity index (χ2v) is 4.11. The molecule has 1 unspecified atom stereocenters. The molecule has 1 atom stereocenters. The molecule has 0 spiro atoms. The van der Waals surface area contributed by atoms with Gasteiger partial charge in [-0.3, -0.25) is 4.79 Å². The highest BCUT2D eigenvalue weighted by molar-refractivity contribution is 5.73. The summed E-state index contributed by atoms with van der Waals surface area (Å²) in [6.07, 6.45) is 0.00173. The largest absolute Gasteiger partial charge is 0.466 e. The van der Waals surface area contributed by atoms with Gasteiger partial charge in [0.1, 0.15) is 11.6 Å². The van der Waals surface area contributed by atoms with Crippen molar-refractivity contribution in [3.05, 3.63) is 12.1 Å². The number of pyridine rings is 1. The first-order chi connectivity index (χ1) is 10.6. The molecular weight excluding hydrogens is 244 g/mol. The highest BCUT2D eigenvalue weighted by atomic mass is 16.5. The predicted octanol–water partition coefficient (Wildman–Crippen LogP) is 1.03. The molecule has 1 fully saturated rings. The average molecular weight is 268 g/mol. The molecule has 19 heavy (non-hydrogen) atoms. The molecule has 6 heteroatoms. The first-order valence-corrected chi connectivity index (χ1v) is 6.10. The van der Waals surface area contributed by atoms with Crippen LogP contribution in [0.5, 0.6) is 0 Å². The van der Waals surface area contributed by atoms with Gasteiger partial charge >= 0.3 is 5.97 Å². The number of carbonyl (C=O) groups is 1. The zero-order valence-corrected chi connectivity index (χ0v) is 10.7. The second-order valence-electron chi connectivity index (χ2n) is 4.11. The van der Waals surface area contributed by atoms with Gasteiger partial charge in [0.2, 0.25) is 0 Å². The van der Waals surface area contributed by atoms with Gasteiger partial charge in [-0.1, -0.05) is 0 Å². The second kappa shape index (κ2) is 5.77. The van der Waals surface area contributed by atoms with Crippen LogP contribution in [0.3, 0.4) is 0 Å². The Balaban J connectivity index is 2.47. The molecule has 4 N–H and O–H groups in total. The minimum Gasteiger partial charge on any atom is -0.466 e. The molecule has 1 aromatic rings. The van der Waals surface area contributed by atoms with Crippen molar-refractivity contribution >= 4 is 23.3 Å². The Labute approximate surface area is 118 Å². The number of rotatable bonds is 3. The molecule has 0 aliphatic carbocycles. The molecule has 0 radical (unpaired) electrons. The molecule has 1 aliphatic heterocycles. The summed E-state index contributed by atoms with van der Waals surface area (Å²) < 4.78 is 37.8. The first kappa shape index (κ1) is 9.01. The maximum atomic E-state index is 12.0. The van der Waals surface area contributed by atoms with E-state index in [9.17, 15) is 4.79 Å². The van der Waals surface area contributed by atoms with Gasteiger partial charge in [-0.25, -0.2) is 4.98 Å². The van der Waals surface area contributed by atoms with Crippen molar-refractivity contribution in [2.45, 2.75) is 19.8 Å². The van der Waals surface area contributed by atoms with Crippen LogP contribution in [0.2, 0.25) is 0 Å². The van der Waals surface area contributed by atoms with E-state index in [-0.39, 0.29) is 36.8 Å². The Morgan fingerprint density at radius 3 is 3.11 bits per heavy atom. The summed E-state index contributed by atoms with van der Waals surface area (Å²) >= 11 is 0. The van der Waals surface area contributed by atoms with Crippen LogP contribution in [0, 0.1) is 5.92 Å². The van der Waals surface area contributed by atoms with Crippen LogP contribution >= 0.6 is 0 Å². The van der Waals surface area contributed by atoms with Crippen LogP contribution in [0.15, 0.2) is 12.1 Å². The van der Waals surface area contributed by atoms with Crippen LogP contribution in [0.25, 0.3) is 0 Å². The van der Waals surface area contributed by atoms with Crippen LogP contribution in [0.4, 0.5) is 17.3 Å². The number of hydrogen-bond acceptors (Lipinski definition) is 6. The number of nitrogens with zero attached hydrogens (tertiary/aromatic N) is 2. The highest BCUT2D eigenvalue weighted by Gasteiger charge is 2.27. The number of piperidine rings is 1. The van der Waals surface area contributed by atoms with Gasteiger partial charge in [-0.2, -0.15) is 0 Å². The number of esters is 1. The van der Waals surface area contributed by atoms with E-state index in [1.807, 2.05) is 0 Å². The zero-order chi connectivity index (χ0) is 17.4. The molecule has 0 saturated carbocycles. The molecule has 2 heterocycles. The van der Waals surface area contributed by atoms with Crippen molar-refractivity contribution in [2.75, 3.05) is 36.0 Å². The average Bonchev–Trinajstić information content (AvgIpc) is 2.41. The number of nitrogens with two attached hydrogens (primary N) is 2. The molecule has 0 bridgehead atoms. The van der Waals surface area contributed by atoms with Gasteiger partial charge in [0.25, 0.3) is 0 Å². The summed E-state index contributed by atoms with van der Waals surface area (Å²) in [5.74, 6) is -1.85. The summed E-state index contributed by atoms with van der Waals surface area (Å²) in [6, 6.07) is 2.81. The molecule has 0 amide bonds. The van der Waals surface area contributed by atoms with E-state index in [4.69, 9.17) is 21.7 Å². The van der Waals surface area contributed by atoms with E-state index in [1.54, 1.807) is 6.92 Å². The molecule has 6 nitrogen and oxygen atoms in total. The lowest BCUT2D eigenvalue weighted by atomic mass is 9.98. The fourth-order valence-electron chi connectivity index (χ4n) is 1.75. The molecule has 1 aliphatic rings. The zero-order valence-electron chi connectivity index (χ0n) is 14.7. The van der Waals surface area contributed by atoms with Gasteiger partial charge in [-0.05, 0) is 31.9 Å². The van der Waals surface area contributed by atoms with Crippen molar-refractivity contribution in [1.82, 2.24) is 4.98 Å². The lowest BCUT2D eigenvalue weighted by molar-refractivity contribution is -0.148. The van der Waals surface area contributed by atoms with E-state index < -0.39 is 24.9 Å². The van der Waals surface area contributed by atoms with Crippen LogP contribution in [-0.2, 0) is 9.53 Å². The topological polar surface area (TPSA) is 94.5 Å². The third-order valence-corrected chi connectivity index (χ3v) is 2.73. The quantitative estimate of drug-likeness (QED) is 0.795. The Kier molecular flexibility index (Phi) is 2.74. The molecule has 1 aromatic heterocycles. The minimum atomic E-state index is -2.32. The smallest absolute Gasteiger partial charge is 0.310 e. The van der Waals surface area contributed by atoms with Crippen LogP contribution in [0.1, 0.15) is 25.2 Å². The number of carbonyl (C=O) groups excluding carboxylic acids is 1. The normalized spacial score (nSPS) is 27.6. The van der Waals surface area contributed by atoms with Crippen molar-refractivity contribution in [3.63, 3.8) is 0 Å². The van der Waals surface area contributed by atoms with Crippen LogP contribution < -0.4 is 16.4 Å². The lowest BCUT2D eigenvalue weighted by Crippen LogP contribution is -2.39. The van der Waals surface area contributed by atoms with Gasteiger partial charge in [0.05, 0.1) is 21.0 Å². The van der Waals surface area contributed by atoms with E-state index in [0.717, 1.165) is 4.90 Å². The highest BCUT2D eigenvalue weighted by Crippen LogP contribution is 2.24. The summed E-state index contributed by atoms with van der Waals surface area (Å²) in [4.78, 5) is 16.9. The third kappa shape index (κ3) is 3.07. The van der Waals surface area contributed by atoms with Gasteiger partial charge < -0.3 is 21.1 Å². The van der Waals surface area contributed by atoms with Crippen molar-refractivity contribution in [2.24, 2.45) is 5.92 Å². The molecular formula is C13H20N4O2. The van der Waals surface area contributed by atoms with E-state index in [0.29, 0.717) is 0 Å². The Hall–Kier alpha value is -1.98. The fraction of sp³-hybridized carbons (Fsp3) is 0.538. The summed E-state index contributed by atoms with van der Waals surface area (Å²) in [5.41, 5.74) is 11.5. The van der Waals surface area contributed by atoms with Gasteiger partial charge in [-0.15, -0.1) is 0 Å². The number of aromatic nitrogens is 1. The number of hydrogen-bond donors (Lipinski definition) is 2. The maximum Gasteiger partial charge on any atom is 0.310 e. The first-order valence-electron chi connectivity index (χ1n) is 8.10. The third-order valence-electron chi connectivity index (χ3n) is 2.73. The van der Waals surface area contributed by atoms with Crippen molar-refractivity contribution < 1.29 is 15.0 Å². The lowest BCUT2D eigenvalue weighted by Gasteiger charge is -2.32. The van der Waals surface area contributed by atoms with Gasteiger partial charge in [0.15, 0.2) is 0 Å².